The van der Waals surface area contributed by atoms with E-state index < -0.39 is 0 Å². The quantitative estimate of drug-likeness (QED) is 0.658. The Kier molecular flexibility index (Phi) is 2.63. The first-order valence-corrected chi connectivity index (χ1v) is 5.98. The third kappa shape index (κ3) is 2.01. The molecule has 0 saturated carbocycles. The minimum Gasteiger partial charge on any atom is -0.452 e. The van der Waals surface area contributed by atoms with E-state index in [1.165, 1.54) is 0 Å². The van der Waals surface area contributed by atoms with Crippen molar-refractivity contribution >= 4 is 16.8 Å². The molecule has 0 spiro atoms. The van der Waals surface area contributed by atoms with Crippen molar-refractivity contribution in [1.82, 2.24) is 9.97 Å². The Bertz CT molecular complexity index is 775. The van der Waals surface area contributed by atoms with Crippen molar-refractivity contribution in [3.05, 3.63) is 59.4 Å². The summed E-state index contributed by atoms with van der Waals surface area (Å²) in [6, 6.07) is 9.16. The SMILES string of the molecule is Cc1nccc(C(=O)c2cc3cccc(C)c3o2)n1. The van der Waals surface area contributed by atoms with E-state index in [2.05, 4.69) is 9.97 Å². The van der Waals surface area contributed by atoms with Gasteiger partial charge in [0.15, 0.2) is 5.76 Å². The lowest BCUT2D eigenvalue weighted by Gasteiger charge is -1.97. The van der Waals surface area contributed by atoms with Gasteiger partial charge < -0.3 is 4.42 Å². The Morgan fingerprint density at radius 2 is 2.05 bits per heavy atom. The lowest BCUT2D eigenvalue weighted by molar-refractivity contribution is 0.101. The van der Waals surface area contributed by atoms with Gasteiger partial charge in [0, 0.05) is 11.6 Å². The predicted molar refractivity (Wildman–Crippen MR) is 71.2 cm³/mol. The van der Waals surface area contributed by atoms with Gasteiger partial charge in [-0.3, -0.25) is 4.79 Å². The average molecular weight is 252 g/mol. The van der Waals surface area contributed by atoms with Gasteiger partial charge in [-0.2, -0.15) is 0 Å². The van der Waals surface area contributed by atoms with Gasteiger partial charge in [-0.05, 0) is 31.5 Å². The maximum absolute atomic E-state index is 12.3. The molecule has 0 N–H and O–H groups in total. The molecule has 1 aromatic carbocycles. The Hall–Kier alpha value is -2.49. The number of fused-ring (bicyclic) bond motifs is 1. The molecule has 0 aliphatic carbocycles. The van der Waals surface area contributed by atoms with Crippen LogP contribution < -0.4 is 0 Å². The van der Waals surface area contributed by atoms with Crippen LogP contribution >= 0.6 is 0 Å². The molecule has 0 bridgehead atoms. The lowest BCUT2D eigenvalue weighted by atomic mass is 10.1. The molecular formula is C15H12N2O2. The van der Waals surface area contributed by atoms with E-state index in [1.54, 1.807) is 25.3 Å². The molecule has 94 valence electrons. The Morgan fingerprint density at radius 3 is 2.79 bits per heavy atom. The summed E-state index contributed by atoms with van der Waals surface area (Å²) in [4.78, 5) is 20.4. The smallest absolute Gasteiger partial charge is 0.246 e. The summed E-state index contributed by atoms with van der Waals surface area (Å²) in [6.45, 7) is 3.70. The van der Waals surface area contributed by atoms with E-state index in [1.807, 2.05) is 25.1 Å². The van der Waals surface area contributed by atoms with Crippen LogP contribution in [0.4, 0.5) is 0 Å². The second kappa shape index (κ2) is 4.31. The number of aromatic nitrogens is 2. The maximum Gasteiger partial charge on any atom is 0.246 e. The minimum atomic E-state index is -0.221. The van der Waals surface area contributed by atoms with Crippen molar-refractivity contribution in [2.24, 2.45) is 0 Å². The number of carbonyl (C=O) groups excluding carboxylic acids is 1. The number of rotatable bonds is 2. The zero-order chi connectivity index (χ0) is 13.4. The number of nitrogens with zero attached hydrogens (tertiary/aromatic N) is 2. The van der Waals surface area contributed by atoms with Crippen molar-refractivity contribution in [1.29, 1.82) is 0 Å². The number of carbonyl (C=O) groups is 1. The third-order valence-electron chi connectivity index (χ3n) is 2.97. The van der Waals surface area contributed by atoms with E-state index in [-0.39, 0.29) is 5.78 Å². The second-order valence-corrected chi connectivity index (χ2v) is 4.42. The molecule has 2 aromatic heterocycles. The van der Waals surface area contributed by atoms with Crippen LogP contribution in [0, 0.1) is 13.8 Å². The van der Waals surface area contributed by atoms with Crippen molar-refractivity contribution in [3.8, 4) is 0 Å². The molecule has 0 amide bonds. The van der Waals surface area contributed by atoms with Gasteiger partial charge in [0.05, 0.1) is 0 Å². The first-order valence-electron chi connectivity index (χ1n) is 5.98. The number of aryl methyl sites for hydroxylation is 2. The van der Waals surface area contributed by atoms with Gasteiger partial charge in [-0.1, -0.05) is 18.2 Å². The van der Waals surface area contributed by atoms with Crippen LogP contribution in [-0.4, -0.2) is 15.8 Å². The molecular weight excluding hydrogens is 240 g/mol. The van der Waals surface area contributed by atoms with Crippen LogP contribution in [0.3, 0.4) is 0 Å². The van der Waals surface area contributed by atoms with Gasteiger partial charge in [-0.15, -0.1) is 0 Å². The van der Waals surface area contributed by atoms with Crippen molar-refractivity contribution in [2.45, 2.75) is 13.8 Å². The summed E-state index contributed by atoms with van der Waals surface area (Å²) < 4.78 is 5.64. The van der Waals surface area contributed by atoms with Crippen molar-refractivity contribution < 1.29 is 9.21 Å². The van der Waals surface area contributed by atoms with E-state index in [9.17, 15) is 4.79 Å². The van der Waals surface area contributed by atoms with E-state index in [0.29, 0.717) is 17.3 Å². The van der Waals surface area contributed by atoms with Crippen molar-refractivity contribution in [2.75, 3.05) is 0 Å². The molecule has 4 nitrogen and oxygen atoms in total. The predicted octanol–water partition coefficient (Wildman–Crippen LogP) is 3.07. The molecule has 0 radical (unpaired) electrons. The first-order chi connectivity index (χ1) is 9.15. The second-order valence-electron chi connectivity index (χ2n) is 4.42. The first kappa shape index (κ1) is 11.6. The summed E-state index contributed by atoms with van der Waals surface area (Å²) in [7, 11) is 0. The topological polar surface area (TPSA) is 56.0 Å². The van der Waals surface area contributed by atoms with Crippen LogP contribution in [0.25, 0.3) is 11.0 Å². The fourth-order valence-corrected chi connectivity index (χ4v) is 2.03. The molecule has 3 aromatic rings. The highest BCUT2D eigenvalue weighted by atomic mass is 16.3. The molecule has 4 heteroatoms. The number of hydrogen-bond acceptors (Lipinski definition) is 4. The van der Waals surface area contributed by atoms with Gasteiger partial charge in [0.25, 0.3) is 0 Å². The summed E-state index contributed by atoms with van der Waals surface area (Å²) in [6.07, 6.45) is 1.57. The highest BCUT2D eigenvalue weighted by Crippen LogP contribution is 2.23. The van der Waals surface area contributed by atoms with E-state index in [4.69, 9.17) is 4.42 Å². The Labute approximate surface area is 110 Å². The molecule has 3 rings (SSSR count). The number of hydrogen-bond donors (Lipinski definition) is 0. The van der Waals surface area contributed by atoms with Gasteiger partial charge in [-0.25, -0.2) is 9.97 Å². The lowest BCUT2D eigenvalue weighted by Crippen LogP contribution is -2.04. The van der Waals surface area contributed by atoms with E-state index >= 15 is 0 Å². The van der Waals surface area contributed by atoms with Gasteiger partial charge >= 0.3 is 0 Å². The Balaban J connectivity index is 2.09. The van der Waals surface area contributed by atoms with Crippen molar-refractivity contribution in [3.63, 3.8) is 0 Å². The molecule has 0 saturated heterocycles. The Morgan fingerprint density at radius 1 is 1.21 bits per heavy atom. The number of para-hydroxylation sites is 1. The van der Waals surface area contributed by atoms with Gasteiger partial charge in [0.1, 0.15) is 17.1 Å². The summed E-state index contributed by atoms with van der Waals surface area (Å²) in [5.41, 5.74) is 2.11. The highest BCUT2D eigenvalue weighted by Gasteiger charge is 2.16. The normalized spacial score (nSPS) is 10.8. The fourth-order valence-electron chi connectivity index (χ4n) is 2.03. The van der Waals surface area contributed by atoms with Crippen LogP contribution in [0.1, 0.15) is 27.6 Å². The minimum absolute atomic E-state index is 0.221. The monoisotopic (exact) mass is 252 g/mol. The molecule has 0 aliphatic rings. The number of benzene rings is 1. The number of ketones is 1. The highest BCUT2D eigenvalue weighted by molar-refractivity contribution is 6.07. The number of furan rings is 1. The molecule has 2 heterocycles. The zero-order valence-electron chi connectivity index (χ0n) is 10.7. The maximum atomic E-state index is 12.3. The van der Waals surface area contributed by atoms with Crippen LogP contribution in [0.2, 0.25) is 0 Å². The standard InChI is InChI=1S/C15H12N2O2/c1-9-4-3-5-11-8-13(19-15(9)11)14(18)12-6-7-16-10(2)17-12/h3-8H,1-2H3. The fraction of sp³-hybridized carbons (Fsp3) is 0.133. The van der Waals surface area contributed by atoms with Crippen LogP contribution in [0.5, 0.6) is 0 Å². The molecule has 0 unspecified atom stereocenters. The van der Waals surface area contributed by atoms with Gasteiger partial charge in [0.2, 0.25) is 5.78 Å². The molecule has 0 atom stereocenters. The summed E-state index contributed by atoms with van der Waals surface area (Å²) >= 11 is 0. The summed E-state index contributed by atoms with van der Waals surface area (Å²) in [5, 5.41) is 0.925. The van der Waals surface area contributed by atoms with Crippen LogP contribution in [0.15, 0.2) is 40.9 Å². The summed E-state index contributed by atoms with van der Waals surface area (Å²) in [5.74, 6) is 0.654. The molecule has 0 aliphatic heterocycles. The van der Waals surface area contributed by atoms with E-state index in [0.717, 1.165) is 16.5 Å². The average Bonchev–Trinajstić information content (AvgIpc) is 2.83. The molecule has 0 fully saturated rings. The third-order valence-corrected chi connectivity index (χ3v) is 2.97. The molecule has 19 heavy (non-hydrogen) atoms. The zero-order valence-corrected chi connectivity index (χ0v) is 10.7. The van der Waals surface area contributed by atoms with Crippen LogP contribution in [-0.2, 0) is 0 Å². The largest absolute Gasteiger partial charge is 0.452 e.